The van der Waals surface area contributed by atoms with Gasteiger partial charge in [0, 0.05) is 32.0 Å². The van der Waals surface area contributed by atoms with E-state index in [9.17, 15) is 4.79 Å². The second-order valence-corrected chi connectivity index (χ2v) is 8.35. The molecule has 0 bridgehead atoms. The van der Waals surface area contributed by atoms with Gasteiger partial charge in [0.1, 0.15) is 5.56 Å². The Balaban J connectivity index is 1.28. The van der Waals surface area contributed by atoms with Gasteiger partial charge < -0.3 is 14.5 Å². The van der Waals surface area contributed by atoms with E-state index in [0.29, 0.717) is 23.7 Å². The molecule has 2 aromatic rings. The summed E-state index contributed by atoms with van der Waals surface area (Å²) < 4.78 is 7.99. The van der Waals surface area contributed by atoms with Gasteiger partial charge in [0.2, 0.25) is 0 Å². The number of piperidine rings is 1. The number of ether oxygens (including phenoxy) is 1. The topological polar surface area (TPSA) is 63.0 Å². The fourth-order valence-corrected chi connectivity index (χ4v) is 5.09. The minimum absolute atomic E-state index is 0.0226. The third kappa shape index (κ3) is 3.23. The van der Waals surface area contributed by atoms with Crippen LogP contribution in [0.3, 0.4) is 0 Å². The van der Waals surface area contributed by atoms with Crippen LogP contribution in [0.15, 0.2) is 24.7 Å². The van der Waals surface area contributed by atoms with Gasteiger partial charge in [0.25, 0.3) is 5.91 Å². The SMILES string of the molecule is O=C(c1cnn2cccnc12)N1CCC[C@]2(C[C@H](CN3CCCC3)CO2)C1. The van der Waals surface area contributed by atoms with Crippen molar-refractivity contribution < 1.29 is 9.53 Å². The monoisotopic (exact) mass is 369 g/mol. The van der Waals surface area contributed by atoms with Crippen LogP contribution in [0, 0.1) is 5.92 Å². The van der Waals surface area contributed by atoms with Crippen molar-refractivity contribution in [2.24, 2.45) is 5.92 Å². The largest absolute Gasteiger partial charge is 0.373 e. The van der Waals surface area contributed by atoms with Gasteiger partial charge in [0.15, 0.2) is 5.65 Å². The van der Waals surface area contributed by atoms with Crippen molar-refractivity contribution in [1.29, 1.82) is 0 Å². The molecule has 2 aromatic heterocycles. The molecule has 1 amide bonds. The van der Waals surface area contributed by atoms with Crippen LogP contribution in [-0.4, -0.2) is 75.2 Å². The summed E-state index contributed by atoms with van der Waals surface area (Å²) in [6.07, 6.45) is 10.9. The number of carbonyl (C=O) groups is 1. The van der Waals surface area contributed by atoms with Crippen molar-refractivity contribution in [3.63, 3.8) is 0 Å². The minimum atomic E-state index is -0.158. The summed E-state index contributed by atoms with van der Waals surface area (Å²) in [6.45, 7) is 5.91. The zero-order valence-electron chi connectivity index (χ0n) is 15.7. The van der Waals surface area contributed by atoms with Crippen LogP contribution in [0.4, 0.5) is 0 Å². The molecule has 3 fully saturated rings. The highest BCUT2D eigenvalue weighted by Crippen LogP contribution is 2.38. The summed E-state index contributed by atoms with van der Waals surface area (Å²) >= 11 is 0. The standard InChI is InChI=1S/C20H27N5O2/c26-19(17-12-22-25-10-4-6-21-18(17)25)24-9-3-5-20(15-24)11-16(14-27-20)13-23-7-1-2-8-23/h4,6,10,12,16H,1-3,5,7-9,11,13-15H2/t16-,20+/m1/s1. The van der Waals surface area contributed by atoms with Crippen molar-refractivity contribution in [1.82, 2.24) is 24.4 Å². The second kappa shape index (κ2) is 6.87. The molecule has 2 atom stereocenters. The summed E-state index contributed by atoms with van der Waals surface area (Å²) in [5, 5.41) is 4.26. The molecule has 0 N–H and O–H groups in total. The predicted octanol–water partition coefficient (Wildman–Crippen LogP) is 1.84. The highest BCUT2D eigenvalue weighted by atomic mass is 16.5. The molecule has 0 unspecified atom stereocenters. The van der Waals surface area contributed by atoms with Crippen molar-refractivity contribution >= 4 is 11.6 Å². The number of hydrogen-bond acceptors (Lipinski definition) is 5. The summed E-state index contributed by atoms with van der Waals surface area (Å²) in [6, 6.07) is 1.82. The lowest BCUT2D eigenvalue weighted by atomic mass is 9.86. The number of amides is 1. The summed E-state index contributed by atoms with van der Waals surface area (Å²) in [5.41, 5.74) is 1.05. The normalized spacial score (nSPS) is 29.2. The quantitative estimate of drug-likeness (QED) is 0.826. The Bertz CT molecular complexity index is 831. The first-order valence-electron chi connectivity index (χ1n) is 10.2. The van der Waals surface area contributed by atoms with Gasteiger partial charge in [-0.25, -0.2) is 9.50 Å². The third-order valence-corrected chi connectivity index (χ3v) is 6.34. The van der Waals surface area contributed by atoms with Crippen LogP contribution >= 0.6 is 0 Å². The van der Waals surface area contributed by atoms with Crippen LogP contribution in [-0.2, 0) is 4.74 Å². The number of fused-ring (bicyclic) bond motifs is 1. The van der Waals surface area contributed by atoms with Crippen LogP contribution in [0.5, 0.6) is 0 Å². The van der Waals surface area contributed by atoms with E-state index < -0.39 is 0 Å². The molecule has 3 aliphatic heterocycles. The molecule has 0 aromatic carbocycles. The Morgan fingerprint density at radius 3 is 3.04 bits per heavy atom. The number of hydrogen-bond donors (Lipinski definition) is 0. The number of rotatable bonds is 3. The van der Waals surface area contributed by atoms with E-state index in [0.717, 1.165) is 39.0 Å². The maximum atomic E-state index is 13.1. The van der Waals surface area contributed by atoms with E-state index in [1.807, 2.05) is 17.2 Å². The van der Waals surface area contributed by atoms with E-state index in [1.54, 1.807) is 16.9 Å². The Morgan fingerprint density at radius 2 is 2.15 bits per heavy atom. The lowest BCUT2D eigenvalue weighted by Gasteiger charge is -2.39. The zero-order chi connectivity index (χ0) is 18.3. The first kappa shape index (κ1) is 17.1. The van der Waals surface area contributed by atoms with Gasteiger partial charge >= 0.3 is 0 Å². The highest BCUT2D eigenvalue weighted by Gasteiger charge is 2.45. The number of carbonyl (C=O) groups excluding carboxylic acids is 1. The smallest absolute Gasteiger partial charge is 0.259 e. The van der Waals surface area contributed by atoms with E-state index >= 15 is 0 Å². The maximum Gasteiger partial charge on any atom is 0.259 e. The molecule has 3 aliphatic rings. The predicted molar refractivity (Wildman–Crippen MR) is 101 cm³/mol. The van der Waals surface area contributed by atoms with Gasteiger partial charge in [-0.3, -0.25) is 4.79 Å². The number of likely N-dealkylation sites (tertiary alicyclic amines) is 2. The maximum absolute atomic E-state index is 13.1. The average molecular weight is 369 g/mol. The van der Waals surface area contributed by atoms with E-state index in [-0.39, 0.29) is 11.5 Å². The Hall–Kier alpha value is -1.99. The van der Waals surface area contributed by atoms with Crippen LogP contribution < -0.4 is 0 Å². The van der Waals surface area contributed by atoms with E-state index in [2.05, 4.69) is 15.0 Å². The highest BCUT2D eigenvalue weighted by molar-refractivity contribution is 5.99. The molecule has 7 nitrogen and oxygen atoms in total. The first-order valence-corrected chi connectivity index (χ1v) is 10.2. The van der Waals surface area contributed by atoms with Gasteiger partial charge in [0.05, 0.1) is 18.4 Å². The molecule has 0 radical (unpaired) electrons. The minimum Gasteiger partial charge on any atom is -0.373 e. The Morgan fingerprint density at radius 1 is 1.26 bits per heavy atom. The molecule has 0 saturated carbocycles. The first-order chi connectivity index (χ1) is 13.2. The molecule has 27 heavy (non-hydrogen) atoms. The van der Waals surface area contributed by atoms with Crippen LogP contribution in [0.1, 0.15) is 42.5 Å². The third-order valence-electron chi connectivity index (χ3n) is 6.34. The van der Waals surface area contributed by atoms with Crippen molar-refractivity contribution in [2.75, 3.05) is 39.3 Å². The van der Waals surface area contributed by atoms with Gasteiger partial charge in [-0.15, -0.1) is 0 Å². The van der Waals surface area contributed by atoms with Gasteiger partial charge in [-0.05, 0) is 57.2 Å². The molecular formula is C20H27N5O2. The van der Waals surface area contributed by atoms with Crippen LogP contribution in [0.2, 0.25) is 0 Å². The van der Waals surface area contributed by atoms with Crippen LogP contribution in [0.25, 0.3) is 5.65 Å². The molecule has 1 spiro atoms. The fraction of sp³-hybridized carbons (Fsp3) is 0.650. The summed E-state index contributed by atoms with van der Waals surface area (Å²) in [4.78, 5) is 22.0. The summed E-state index contributed by atoms with van der Waals surface area (Å²) in [5.74, 6) is 0.617. The van der Waals surface area contributed by atoms with Crippen molar-refractivity contribution in [3.05, 3.63) is 30.2 Å². The summed E-state index contributed by atoms with van der Waals surface area (Å²) in [7, 11) is 0. The van der Waals surface area contributed by atoms with Crippen molar-refractivity contribution in [3.8, 4) is 0 Å². The molecule has 5 rings (SSSR count). The fourth-order valence-electron chi connectivity index (χ4n) is 5.09. The van der Waals surface area contributed by atoms with E-state index in [1.165, 1.54) is 25.9 Å². The zero-order valence-corrected chi connectivity index (χ0v) is 15.7. The lowest BCUT2D eigenvalue weighted by Crippen LogP contribution is -2.50. The molecular weight excluding hydrogens is 342 g/mol. The number of aromatic nitrogens is 3. The molecule has 7 heteroatoms. The van der Waals surface area contributed by atoms with E-state index in [4.69, 9.17) is 4.74 Å². The van der Waals surface area contributed by atoms with Gasteiger partial charge in [-0.2, -0.15) is 5.10 Å². The van der Waals surface area contributed by atoms with Gasteiger partial charge in [-0.1, -0.05) is 0 Å². The Labute approximate surface area is 159 Å². The molecule has 3 saturated heterocycles. The molecule has 0 aliphatic carbocycles. The lowest BCUT2D eigenvalue weighted by molar-refractivity contribution is -0.0450. The molecule has 5 heterocycles. The molecule has 144 valence electrons. The number of nitrogens with zero attached hydrogens (tertiary/aromatic N) is 5. The van der Waals surface area contributed by atoms with Crippen molar-refractivity contribution in [2.45, 2.75) is 37.7 Å². The second-order valence-electron chi connectivity index (χ2n) is 8.35. The Kier molecular flexibility index (Phi) is 4.36. The average Bonchev–Trinajstić information content (AvgIpc) is 3.42.